The molecular weight excluding hydrogens is 415 g/mol. The first kappa shape index (κ1) is 24.4. The maximum Gasteiger partial charge on any atom is 0.229 e. The highest BCUT2D eigenvalue weighted by atomic mass is 31.2. The fraction of sp³-hybridized carbons (Fsp3) is 0.429. The molecule has 0 aliphatic heterocycles. The van der Waals surface area contributed by atoms with Crippen LogP contribution in [0.3, 0.4) is 0 Å². The Balaban J connectivity index is 2.26. The summed E-state index contributed by atoms with van der Waals surface area (Å²) in [6.07, 6.45) is 11.5. The van der Waals surface area contributed by atoms with Gasteiger partial charge in [-0.15, -0.1) is 0 Å². The number of hydrogen-bond acceptors (Lipinski definition) is 3. The molecule has 0 N–H and O–H groups in total. The molecule has 0 heterocycles. The average Bonchev–Trinajstić information content (AvgIpc) is 2.70. The summed E-state index contributed by atoms with van der Waals surface area (Å²) < 4.78 is 15.0. The van der Waals surface area contributed by atoms with Gasteiger partial charge in [-0.05, 0) is 64.5 Å². The summed E-state index contributed by atoms with van der Waals surface area (Å²) in [6.45, 7) is 15.4. The van der Waals surface area contributed by atoms with Gasteiger partial charge >= 0.3 is 0 Å². The largest absolute Gasteiger partial charge is 0.306 e. The second kappa shape index (κ2) is 8.60. The summed E-state index contributed by atoms with van der Waals surface area (Å²) >= 11 is 0. The van der Waals surface area contributed by atoms with E-state index < -0.39 is 29.3 Å². The van der Waals surface area contributed by atoms with Crippen LogP contribution in [0.1, 0.15) is 61.7 Å². The van der Waals surface area contributed by atoms with Crippen molar-refractivity contribution >= 4 is 18.2 Å². The Morgan fingerprint density at radius 1 is 0.938 bits per heavy atom. The Morgan fingerprint density at radius 3 is 2.03 bits per heavy atom. The molecule has 5 atom stereocenters. The Labute approximate surface area is 192 Å². The average molecular weight is 451 g/mol. The molecule has 1 aromatic rings. The lowest BCUT2D eigenvalue weighted by atomic mass is 9.70. The Kier molecular flexibility index (Phi) is 6.55. The molecule has 0 spiro atoms. The van der Waals surface area contributed by atoms with Gasteiger partial charge in [-0.25, -0.2) is 0 Å². The molecule has 1 aromatic carbocycles. The summed E-state index contributed by atoms with van der Waals surface area (Å²) in [6, 6.07) is 3.86. The van der Waals surface area contributed by atoms with Gasteiger partial charge in [0.15, 0.2) is 0 Å². The van der Waals surface area contributed by atoms with Crippen LogP contribution in [0.15, 0.2) is 59.7 Å². The lowest BCUT2D eigenvalue weighted by molar-refractivity contribution is -0.119. The maximum absolute atomic E-state index is 15.0. The number of hydrogen-bond donors (Lipinski definition) is 0. The highest BCUT2D eigenvalue weighted by Gasteiger charge is 2.56. The van der Waals surface area contributed by atoms with E-state index in [-0.39, 0.29) is 11.8 Å². The van der Waals surface area contributed by atoms with Crippen molar-refractivity contribution in [1.82, 2.24) is 0 Å². The van der Waals surface area contributed by atoms with Crippen LogP contribution in [0.4, 0.5) is 0 Å². The molecule has 3 nitrogen and oxygen atoms in total. The van der Waals surface area contributed by atoms with Gasteiger partial charge < -0.3 is 4.57 Å². The normalized spacial score (nSPS) is 29.2. The molecule has 3 rings (SSSR count). The quantitative estimate of drug-likeness (QED) is 0.442. The van der Waals surface area contributed by atoms with E-state index >= 15 is 4.57 Å². The van der Waals surface area contributed by atoms with Gasteiger partial charge in [0.05, 0.1) is 11.1 Å². The van der Waals surface area contributed by atoms with Gasteiger partial charge in [-0.1, -0.05) is 79.1 Å². The van der Waals surface area contributed by atoms with Gasteiger partial charge in [0.1, 0.15) is 0 Å². The monoisotopic (exact) mass is 450 g/mol. The summed E-state index contributed by atoms with van der Waals surface area (Å²) in [5.74, 6) is -0.325. The first-order chi connectivity index (χ1) is 14.8. The third-order valence-electron chi connectivity index (χ3n) is 7.42. The summed E-state index contributed by atoms with van der Waals surface area (Å²) in [7, 11) is -4.04. The summed E-state index contributed by atoms with van der Waals surface area (Å²) in [4.78, 5) is 28.6. The molecule has 0 aromatic heterocycles. The third kappa shape index (κ3) is 3.75. The van der Waals surface area contributed by atoms with E-state index in [1.807, 2.05) is 97.9 Å². The molecule has 170 valence electrons. The summed E-state index contributed by atoms with van der Waals surface area (Å²) in [5, 5.41) is 0. The second-order valence-corrected chi connectivity index (χ2v) is 12.6. The number of aryl methyl sites for hydroxylation is 3. The van der Waals surface area contributed by atoms with Crippen molar-refractivity contribution in [3.8, 4) is 0 Å². The number of allylic oxidation sites excluding steroid dienone is 8. The molecule has 0 bridgehead atoms. The van der Waals surface area contributed by atoms with Crippen LogP contribution in [0.5, 0.6) is 0 Å². The van der Waals surface area contributed by atoms with Crippen LogP contribution in [0.2, 0.25) is 0 Å². The number of rotatable bonds is 5. The van der Waals surface area contributed by atoms with Crippen LogP contribution >= 0.6 is 7.14 Å². The molecule has 4 heteroatoms. The van der Waals surface area contributed by atoms with E-state index in [2.05, 4.69) is 0 Å². The highest BCUT2D eigenvalue weighted by Crippen LogP contribution is 2.64. The molecule has 0 saturated carbocycles. The molecule has 2 aliphatic rings. The molecule has 0 saturated heterocycles. The molecular formula is C28H35O3P. The molecule has 0 fully saturated rings. The zero-order chi connectivity index (χ0) is 24.0. The van der Waals surface area contributed by atoms with E-state index in [0.717, 1.165) is 27.8 Å². The lowest BCUT2D eigenvalue weighted by Crippen LogP contribution is -2.41. The minimum absolute atomic E-state index is 0.153. The van der Waals surface area contributed by atoms with Gasteiger partial charge in [-0.3, -0.25) is 9.59 Å². The minimum Gasteiger partial charge on any atom is -0.306 e. The first-order valence-corrected chi connectivity index (χ1v) is 13.1. The Morgan fingerprint density at radius 2 is 1.50 bits per heavy atom. The van der Waals surface area contributed by atoms with Crippen LogP contribution in [0, 0.1) is 38.0 Å². The predicted molar refractivity (Wildman–Crippen MR) is 134 cm³/mol. The number of benzene rings is 1. The Hall–Kier alpha value is -2.25. The predicted octanol–water partition coefficient (Wildman–Crippen LogP) is 7.32. The van der Waals surface area contributed by atoms with Crippen molar-refractivity contribution in [3.63, 3.8) is 0 Å². The molecule has 0 radical (unpaired) electrons. The lowest BCUT2D eigenvalue weighted by Gasteiger charge is -2.41. The molecule has 32 heavy (non-hydrogen) atoms. The minimum atomic E-state index is -4.04. The zero-order valence-electron chi connectivity index (χ0n) is 20.5. The standard InChI is InChI=1S/C28H35O3P/c1-17-13-20(4)25(21(5)14-17)26(29)32(31,24-12-10-9-11-19(24)3)27(30)28(8)22(6)15-18(2)16-23(28)7/h9-16,19,22,24H,1-8H3. The van der Waals surface area contributed by atoms with Crippen molar-refractivity contribution in [1.29, 1.82) is 0 Å². The van der Waals surface area contributed by atoms with Crippen LogP contribution in [-0.4, -0.2) is 16.7 Å². The molecule has 2 aliphatic carbocycles. The summed E-state index contributed by atoms with van der Waals surface area (Å²) in [5.41, 5.74) is 2.41. The molecule has 5 unspecified atom stereocenters. The fourth-order valence-corrected chi connectivity index (χ4v) is 8.96. The smallest absolute Gasteiger partial charge is 0.229 e. The van der Waals surface area contributed by atoms with Crippen molar-refractivity contribution in [2.24, 2.45) is 17.3 Å². The van der Waals surface area contributed by atoms with Crippen LogP contribution in [-0.2, 0) is 9.36 Å². The van der Waals surface area contributed by atoms with Crippen LogP contribution in [0.25, 0.3) is 0 Å². The first-order valence-electron chi connectivity index (χ1n) is 11.3. The SMILES string of the molecule is CC1=CC(C)C(C)(C(=O)P(=O)(C(=O)c2c(C)cc(C)cc2C)C2C=CC=CC2C)C(C)=C1. The van der Waals surface area contributed by atoms with Crippen molar-refractivity contribution in [2.45, 2.75) is 61.0 Å². The maximum atomic E-state index is 15.0. The van der Waals surface area contributed by atoms with Gasteiger partial charge in [0.25, 0.3) is 0 Å². The van der Waals surface area contributed by atoms with E-state index in [9.17, 15) is 9.59 Å². The van der Waals surface area contributed by atoms with Crippen molar-refractivity contribution in [2.75, 3.05) is 0 Å². The highest BCUT2D eigenvalue weighted by molar-refractivity contribution is 7.95. The van der Waals surface area contributed by atoms with E-state index in [4.69, 9.17) is 0 Å². The Bertz CT molecular complexity index is 1120. The number of carbonyl (C=O) groups is 2. The third-order valence-corrected chi connectivity index (χ3v) is 10.8. The fourth-order valence-electron chi connectivity index (χ4n) is 5.37. The van der Waals surface area contributed by atoms with E-state index in [0.29, 0.717) is 5.56 Å². The molecule has 0 amide bonds. The zero-order valence-corrected chi connectivity index (χ0v) is 21.4. The van der Waals surface area contributed by atoms with Crippen molar-refractivity contribution < 1.29 is 14.2 Å². The second-order valence-electron chi connectivity index (χ2n) is 9.89. The van der Waals surface area contributed by atoms with Crippen LogP contribution < -0.4 is 0 Å². The van der Waals surface area contributed by atoms with Gasteiger partial charge in [-0.2, -0.15) is 0 Å². The van der Waals surface area contributed by atoms with E-state index in [1.54, 1.807) is 6.08 Å². The van der Waals surface area contributed by atoms with Crippen molar-refractivity contribution in [3.05, 3.63) is 82.0 Å². The van der Waals surface area contributed by atoms with Gasteiger partial charge in [0.2, 0.25) is 18.2 Å². The van der Waals surface area contributed by atoms with Gasteiger partial charge in [0, 0.05) is 5.56 Å². The number of carbonyl (C=O) groups excluding carboxylic acids is 2. The van der Waals surface area contributed by atoms with E-state index in [1.165, 1.54) is 0 Å². The topological polar surface area (TPSA) is 51.2 Å².